The van der Waals surface area contributed by atoms with Gasteiger partial charge in [-0.25, -0.2) is 13.4 Å². The first-order valence-electron chi connectivity index (χ1n) is 5.08. The van der Waals surface area contributed by atoms with Gasteiger partial charge in [-0.05, 0) is 18.2 Å². The van der Waals surface area contributed by atoms with Gasteiger partial charge in [0, 0.05) is 6.26 Å². The Hall–Kier alpha value is -1.71. The number of alkyl halides is 5. The summed E-state index contributed by atoms with van der Waals surface area (Å²) in [5.41, 5.74) is -0.400. The van der Waals surface area contributed by atoms with Gasteiger partial charge in [0.2, 0.25) is 0 Å². The number of nitrogens with zero attached hydrogens (tertiary/aromatic N) is 1. The molecule has 1 aromatic carbocycles. The van der Waals surface area contributed by atoms with E-state index in [2.05, 4.69) is 4.98 Å². The number of imidazole rings is 1. The monoisotopic (exact) mass is 314 g/mol. The largest absolute Gasteiger partial charge is 0.461 e. The van der Waals surface area contributed by atoms with Gasteiger partial charge in [-0.15, -0.1) is 0 Å². The van der Waals surface area contributed by atoms with Crippen molar-refractivity contribution in [2.24, 2.45) is 0 Å². The van der Waals surface area contributed by atoms with Gasteiger partial charge in [0.05, 0.1) is 15.9 Å². The number of H-pyrrole nitrogens is 1. The van der Waals surface area contributed by atoms with Crippen LogP contribution in [0.25, 0.3) is 11.0 Å². The minimum absolute atomic E-state index is 0.184. The molecule has 1 heterocycles. The summed E-state index contributed by atoms with van der Waals surface area (Å²) in [5, 5.41) is 0. The van der Waals surface area contributed by atoms with Crippen LogP contribution in [0.15, 0.2) is 23.1 Å². The van der Waals surface area contributed by atoms with Crippen LogP contribution in [-0.2, 0) is 15.8 Å². The van der Waals surface area contributed by atoms with Crippen molar-refractivity contribution >= 4 is 20.9 Å². The second kappa shape index (κ2) is 4.14. The van der Waals surface area contributed by atoms with E-state index in [0.29, 0.717) is 0 Å². The van der Waals surface area contributed by atoms with E-state index in [1.54, 1.807) is 0 Å². The van der Waals surface area contributed by atoms with Crippen LogP contribution >= 0.6 is 0 Å². The molecule has 0 unspecified atom stereocenters. The van der Waals surface area contributed by atoms with E-state index in [1.165, 1.54) is 0 Å². The highest BCUT2D eigenvalue weighted by atomic mass is 32.2. The second-order valence-corrected chi connectivity index (χ2v) is 6.12. The lowest BCUT2D eigenvalue weighted by Crippen LogP contribution is -2.34. The molecule has 0 bridgehead atoms. The van der Waals surface area contributed by atoms with Crippen LogP contribution in [0.2, 0.25) is 0 Å². The number of benzene rings is 1. The van der Waals surface area contributed by atoms with Crippen molar-refractivity contribution in [3.63, 3.8) is 0 Å². The highest BCUT2D eigenvalue weighted by Crippen LogP contribution is 2.43. The van der Waals surface area contributed by atoms with Crippen LogP contribution in [0.1, 0.15) is 5.82 Å². The molecule has 4 nitrogen and oxygen atoms in total. The third kappa shape index (κ3) is 2.35. The molecule has 0 fully saturated rings. The molecule has 10 heteroatoms. The van der Waals surface area contributed by atoms with Gasteiger partial charge < -0.3 is 4.98 Å². The van der Waals surface area contributed by atoms with Crippen molar-refractivity contribution in [1.29, 1.82) is 0 Å². The SMILES string of the molecule is CS(=O)(=O)c1ccc2nc(C(F)(F)C(F)(F)F)[nH]c2c1. The lowest BCUT2D eigenvalue weighted by Gasteiger charge is -2.16. The van der Waals surface area contributed by atoms with Gasteiger partial charge in [0.1, 0.15) is 0 Å². The standard InChI is InChI=1S/C10H7F5N2O2S/c1-20(18,19)5-2-3-6-7(4-5)17-8(16-6)9(11,12)10(13,14)15/h2-4H,1H3,(H,16,17). The third-order valence-corrected chi connectivity index (χ3v) is 3.65. The van der Waals surface area contributed by atoms with Gasteiger partial charge >= 0.3 is 12.1 Å². The molecule has 0 saturated carbocycles. The zero-order valence-electron chi connectivity index (χ0n) is 9.79. The molecule has 0 aliphatic carbocycles. The number of halogens is 5. The summed E-state index contributed by atoms with van der Waals surface area (Å²) >= 11 is 0. The number of hydrogen-bond acceptors (Lipinski definition) is 3. The van der Waals surface area contributed by atoms with Gasteiger partial charge in [0.15, 0.2) is 15.7 Å². The zero-order valence-corrected chi connectivity index (χ0v) is 10.6. The lowest BCUT2D eigenvalue weighted by molar-refractivity contribution is -0.292. The molecule has 1 N–H and O–H groups in total. The summed E-state index contributed by atoms with van der Waals surface area (Å²) < 4.78 is 85.4. The summed E-state index contributed by atoms with van der Waals surface area (Å²) in [6, 6.07) is 3.08. The zero-order chi connectivity index (χ0) is 15.3. The van der Waals surface area contributed by atoms with Crippen LogP contribution in [0.4, 0.5) is 22.0 Å². The van der Waals surface area contributed by atoms with Crippen LogP contribution in [0.3, 0.4) is 0 Å². The predicted octanol–water partition coefficient (Wildman–Crippen LogP) is 2.62. The maximum Gasteiger partial charge on any atom is 0.461 e. The normalized spacial score (nSPS) is 13.9. The van der Waals surface area contributed by atoms with E-state index in [4.69, 9.17) is 0 Å². The Bertz CT molecular complexity index is 764. The Balaban J connectivity index is 2.61. The number of aromatic amines is 1. The van der Waals surface area contributed by atoms with Crippen LogP contribution in [-0.4, -0.2) is 30.8 Å². The van der Waals surface area contributed by atoms with Crippen molar-refractivity contribution in [3.05, 3.63) is 24.0 Å². The fourth-order valence-electron chi connectivity index (χ4n) is 1.50. The highest BCUT2D eigenvalue weighted by Gasteiger charge is 2.61. The van der Waals surface area contributed by atoms with Crippen molar-refractivity contribution in [1.82, 2.24) is 9.97 Å². The van der Waals surface area contributed by atoms with Crippen molar-refractivity contribution in [2.45, 2.75) is 17.0 Å². The fraction of sp³-hybridized carbons (Fsp3) is 0.300. The van der Waals surface area contributed by atoms with Crippen LogP contribution in [0, 0.1) is 0 Å². The molecule has 0 spiro atoms. The molecule has 2 rings (SSSR count). The number of fused-ring (bicyclic) bond motifs is 1. The first kappa shape index (κ1) is 14.7. The summed E-state index contributed by atoms with van der Waals surface area (Å²) in [4.78, 5) is 4.75. The van der Waals surface area contributed by atoms with Gasteiger partial charge in [-0.2, -0.15) is 22.0 Å². The van der Waals surface area contributed by atoms with Gasteiger partial charge in [0.25, 0.3) is 0 Å². The predicted molar refractivity (Wildman–Crippen MR) is 59.2 cm³/mol. The number of aromatic nitrogens is 2. The van der Waals surface area contributed by atoms with E-state index >= 15 is 0 Å². The quantitative estimate of drug-likeness (QED) is 0.867. The van der Waals surface area contributed by atoms with Crippen molar-refractivity contribution in [2.75, 3.05) is 6.26 Å². The Kier molecular flexibility index (Phi) is 3.04. The Morgan fingerprint density at radius 1 is 1.15 bits per heavy atom. The minimum atomic E-state index is -5.79. The molecule has 0 atom stereocenters. The van der Waals surface area contributed by atoms with E-state index in [-0.39, 0.29) is 15.9 Å². The highest BCUT2D eigenvalue weighted by molar-refractivity contribution is 7.90. The lowest BCUT2D eigenvalue weighted by atomic mass is 10.3. The Morgan fingerprint density at radius 2 is 1.75 bits per heavy atom. The van der Waals surface area contributed by atoms with Crippen molar-refractivity contribution < 1.29 is 30.4 Å². The van der Waals surface area contributed by atoms with Gasteiger partial charge in [-0.1, -0.05) is 0 Å². The topological polar surface area (TPSA) is 62.8 Å². The summed E-state index contributed by atoms with van der Waals surface area (Å²) in [7, 11) is -3.61. The first-order valence-corrected chi connectivity index (χ1v) is 6.97. The van der Waals surface area contributed by atoms with Crippen LogP contribution < -0.4 is 0 Å². The van der Waals surface area contributed by atoms with E-state index in [0.717, 1.165) is 24.5 Å². The summed E-state index contributed by atoms with van der Waals surface area (Å²) in [5.74, 6) is -6.72. The Morgan fingerprint density at radius 3 is 2.25 bits per heavy atom. The molecule has 0 aliphatic heterocycles. The summed E-state index contributed by atoms with van der Waals surface area (Å²) in [6.45, 7) is 0. The molecular weight excluding hydrogens is 307 g/mol. The molecular formula is C10H7F5N2O2S. The smallest absolute Gasteiger partial charge is 0.337 e. The number of sulfone groups is 1. The number of hydrogen-bond donors (Lipinski definition) is 1. The van der Waals surface area contributed by atoms with E-state index < -0.39 is 27.8 Å². The van der Waals surface area contributed by atoms with Gasteiger partial charge in [-0.3, -0.25) is 0 Å². The molecule has 0 saturated heterocycles. The molecule has 2 aromatic rings. The third-order valence-electron chi connectivity index (χ3n) is 2.53. The number of nitrogens with one attached hydrogen (secondary N) is 1. The molecule has 110 valence electrons. The minimum Gasteiger partial charge on any atom is -0.337 e. The average molecular weight is 314 g/mol. The first-order chi connectivity index (χ1) is 8.93. The maximum absolute atomic E-state index is 13.1. The van der Waals surface area contributed by atoms with E-state index in [9.17, 15) is 30.4 Å². The maximum atomic E-state index is 13.1. The molecule has 0 aliphatic rings. The van der Waals surface area contributed by atoms with Crippen molar-refractivity contribution in [3.8, 4) is 0 Å². The summed E-state index contributed by atoms with van der Waals surface area (Å²) in [6.07, 6.45) is -4.91. The second-order valence-electron chi connectivity index (χ2n) is 4.11. The number of rotatable bonds is 2. The fourth-order valence-corrected chi connectivity index (χ4v) is 2.15. The molecule has 20 heavy (non-hydrogen) atoms. The molecule has 0 amide bonds. The van der Waals surface area contributed by atoms with Crippen LogP contribution in [0.5, 0.6) is 0 Å². The van der Waals surface area contributed by atoms with E-state index in [1.807, 2.05) is 4.98 Å². The Labute approximate surface area is 109 Å². The average Bonchev–Trinajstić information content (AvgIpc) is 2.68. The molecule has 0 radical (unpaired) electrons. The molecule has 1 aromatic heterocycles.